The first-order valence-corrected chi connectivity index (χ1v) is 9.06. The summed E-state index contributed by atoms with van der Waals surface area (Å²) in [5.41, 5.74) is 2.28. The quantitative estimate of drug-likeness (QED) is 0.457. The predicted molar refractivity (Wildman–Crippen MR) is 109 cm³/mol. The van der Waals surface area contributed by atoms with Crippen molar-refractivity contribution >= 4 is 34.2 Å². The molecule has 4 aromatic rings. The molecule has 0 radical (unpaired) electrons. The van der Waals surface area contributed by atoms with Crippen molar-refractivity contribution in [3.8, 4) is 17.1 Å². The second-order valence-electron chi connectivity index (χ2n) is 6.24. The number of hydrogen-bond donors (Lipinski definition) is 1. The molecule has 0 aliphatic heterocycles. The predicted octanol–water partition coefficient (Wildman–Crippen LogP) is 6.06. The van der Waals surface area contributed by atoms with Gasteiger partial charge in [-0.2, -0.15) is 0 Å². The van der Waals surface area contributed by atoms with Crippen LogP contribution in [0.1, 0.15) is 11.1 Å². The summed E-state index contributed by atoms with van der Waals surface area (Å²) in [5, 5.41) is 11.3. The van der Waals surface area contributed by atoms with E-state index >= 15 is 0 Å². The molecule has 0 bridgehead atoms. The van der Waals surface area contributed by atoms with E-state index < -0.39 is 0 Å². The maximum Gasteiger partial charge on any atom is 0.196 e. The van der Waals surface area contributed by atoms with E-state index in [1.165, 1.54) is 12.1 Å². The van der Waals surface area contributed by atoms with Crippen LogP contribution in [0.15, 0.2) is 75.9 Å². The molecule has 0 unspecified atom stereocenters. The molecule has 0 atom stereocenters. The van der Waals surface area contributed by atoms with Gasteiger partial charge < -0.3 is 9.52 Å². The second-order valence-corrected chi connectivity index (χ2v) is 7.11. The molecule has 3 aromatic carbocycles. The Labute approximate surface area is 165 Å². The minimum absolute atomic E-state index is 0.0327. The number of halogens is 2. The zero-order valence-corrected chi connectivity index (χ0v) is 15.6. The van der Waals surface area contributed by atoms with Crippen LogP contribution in [0.5, 0.6) is 5.75 Å². The van der Waals surface area contributed by atoms with Gasteiger partial charge in [0.05, 0.1) is 5.39 Å². The average Bonchev–Trinajstić information content (AvgIpc) is 2.64. The maximum absolute atomic E-state index is 13.2. The molecule has 0 fully saturated rings. The molecule has 134 valence electrons. The second kappa shape index (κ2) is 7.10. The van der Waals surface area contributed by atoms with Gasteiger partial charge in [0.15, 0.2) is 5.43 Å². The molecule has 0 saturated heterocycles. The minimum Gasteiger partial charge on any atom is -0.508 e. The molecule has 0 spiro atoms. The normalized spacial score (nSPS) is 11.0. The molecule has 0 saturated carbocycles. The molecule has 0 amide bonds. The average molecular weight is 397 g/mol. The molecular formula is C22H14Cl2O3. The Hall–Kier alpha value is -2.75. The van der Waals surface area contributed by atoms with E-state index in [1.54, 1.807) is 30.3 Å². The van der Waals surface area contributed by atoms with Gasteiger partial charge in [0.2, 0.25) is 0 Å². The smallest absolute Gasteiger partial charge is 0.196 e. The van der Waals surface area contributed by atoms with Gasteiger partial charge in [0.1, 0.15) is 17.1 Å². The monoisotopic (exact) mass is 396 g/mol. The third-order valence-electron chi connectivity index (χ3n) is 4.33. The molecule has 27 heavy (non-hydrogen) atoms. The van der Waals surface area contributed by atoms with Crippen LogP contribution in [0.25, 0.3) is 22.3 Å². The summed E-state index contributed by atoms with van der Waals surface area (Å²) >= 11 is 12.2. The highest BCUT2D eigenvalue weighted by Gasteiger charge is 2.17. The molecule has 0 aliphatic rings. The van der Waals surface area contributed by atoms with Crippen LogP contribution in [0.2, 0.25) is 10.0 Å². The molecule has 3 nitrogen and oxygen atoms in total. The maximum atomic E-state index is 13.2. The highest BCUT2D eigenvalue weighted by molar-refractivity contribution is 6.31. The van der Waals surface area contributed by atoms with E-state index in [1.807, 2.05) is 24.3 Å². The molecular weight excluding hydrogens is 383 g/mol. The summed E-state index contributed by atoms with van der Waals surface area (Å²) in [5.74, 6) is 0.464. The minimum atomic E-state index is -0.147. The van der Waals surface area contributed by atoms with Crippen molar-refractivity contribution in [3.05, 3.63) is 98.1 Å². The number of aromatic hydroxyl groups is 1. The van der Waals surface area contributed by atoms with Gasteiger partial charge in [-0.05, 0) is 42.0 Å². The van der Waals surface area contributed by atoms with Crippen molar-refractivity contribution in [2.24, 2.45) is 0 Å². The van der Waals surface area contributed by atoms with Gasteiger partial charge in [-0.3, -0.25) is 4.79 Å². The van der Waals surface area contributed by atoms with Gasteiger partial charge >= 0.3 is 0 Å². The highest BCUT2D eigenvalue weighted by atomic mass is 35.5. The lowest BCUT2D eigenvalue weighted by atomic mass is 9.98. The van der Waals surface area contributed by atoms with E-state index in [0.717, 1.165) is 5.56 Å². The topological polar surface area (TPSA) is 50.4 Å². The Morgan fingerprint density at radius 1 is 0.889 bits per heavy atom. The van der Waals surface area contributed by atoms with Gasteiger partial charge in [0.25, 0.3) is 0 Å². The lowest BCUT2D eigenvalue weighted by Crippen LogP contribution is -2.12. The first-order valence-electron chi connectivity index (χ1n) is 8.30. The number of rotatable bonds is 3. The number of benzene rings is 3. The Balaban J connectivity index is 1.99. The van der Waals surface area contributed by atoms with Crippen LogP contribution in [-0.4, -0.2) is 5.11 Å². The van der Waals surface area contributed by atoms with Crippen molar-refractivity contribution in [1.29, 1.82) is 0 Å². The summed E-state index contributed by atoms with van der Waals surface area (Å²) in [6.07, 6.45) is 0.363. The molecule has 5 heteroatoms. The fraction of sp³-hybridized carbons (Fsp3) is 0.0455. The van der Waals surface area contributed by atoms with Crippen LogP contribution in [0, 0.1) is 0 Å². The third kappa shape index (κ3) is 3.57. The standard InChI is InChI=1S/C22H14Cl2O3/c23-15-5-1-3-13(9-15)10-19-21(26)18-8-7-17(25)12-20(18)27-22(19)14-4-2-6-16(24)11-14/h1-9,11-12,25H,10H2. The van der Waals surface area contributed by atoms with Crippen LogP contribution >= 0.6 is 23.2 Å². The summed E-state index contributed by atoms with van der Waals surface area (Å²) in [6, 6.07) is 19.0. The van der Waals surface area contributed by atoms with Crippen molar-refractivity contribution in [1.82, 2.24) is 0 Å². The lowest BCUT2D eigenvalue weighted by molar-refractivity contribution is 0.474. The van der Waals surface area contributed by atoms with Crippen LogP contribution in [0.4, 0.5) is 0 Å². The fourth-order valence-electron chi connectivity index (χ4n) is 3.09. The molecule has 0 aliphatic carbocycles. The van der Waals surface area contributed by atoms with Crippen molar-refractivity contribution in [2.75, 3.05) is 0 Å². The molecule has 4 rings (SSSR count). The first-order chi connectivity index (χ1) is 13.0. The summed E-state index contributed by atoms with van der Waals surface area (Å²) in [4.78, 5) is 13.2. The van der Waals surface area contributed by atoms with Crippen LogP contribution < -0.4 is 5.43 Å². The Bertz CT molecular complexity index is 1210. The highest BCUT2D eigenvalue weighted by Crippen LogP contribution is 2.30. The van der Waals surface area contributed by atoms with E-state index in [4.69, 9.17) is 27.6 Å². The summed E-state index contributed by atoms with van der Waals surface area (Å²) in [7, 11) is 0. The van der Waals surface area contributed by atoms with Crippen molar-refractivity contribution in [2.45, 2.75) is 6.42 Å². The van der Waals surface area contributed by atoms with E-state index in [9.17, 15) is 9.90 Å². The van der Waals surface area contributed by atoms with Crippen LogP contribution in [-0.2, 0) is 6.42 Å². The summed E-state index contributed by atoms with van der Waals surface area (Å²) in [6.45, 7) is 0. The number of fused-ring (bicyclic) bond motifs is 1. The Kier molecular flexibility index (Phi) is 4.65. The Morgan fingerprint density at radius 3 is 2.37 bits per heavy atom. The number of phenols is 1. The van der Waals surface area contributed by atoms with E-state index in [0.29, 0.717) is 44.3 Å². The zero-order valence-electron chi connectivity index (χ0n) is 14.1. The van der Waals surface area contributed by atoms with Crippen molar-refractivity contribution in [3.63, 3.8) is 0 Å². The van der Waals surface area contributed by atoms with Crippen LogP contribution in [0.3, 0.4) is 0 Å². The van der Waals surface area contributed by atoms with Gasteiger partial charge in [0, 0.05) is 33.7 Å². The Morgan fingerprint density at radius 2 is 1.63 bits per heavy atom. The first kappa shape index (κ1) is 17.7. The van der Waals surface area contributed by atoms with Gasteiger partial charge in [-0.1, -0.05) is 47.5 Å². The van der Waals surface area contributed by atoms with Gasteiger partial charge in [-0.15, -0.1) is 0 Å². The van der Waals surface area contributed by atoms with Crippen molar-refractivity contribution < 1.29 is 9.52 Å². The number of hydrogen-bond acceptors (Lipinski definition) is 3. The third-order valence-corrected chi connectivity index (χ3v) is 4.80. The largest absolute Gasteiger partial charge is 0.508 e. The van der Waals surface area contributed by atoms with Gasteiger partial charge in [-0.25, -0.2) is 0 Å². The SMILES string of the molecule is O=c1c(Cc2cccc(Cl)c2)c(-c2cccc(Cl)c2)oc2cc(O)ccc12. The fourth-order valence-corrected chi connectivity index (χ4v) is 3.50. The van der Waals surface area contributed by atoms with E-state index in [2.05, 4.69) is 0 Å². The lowest BCUT2D eigenvalue weighted by Gasteiger charge is -2.11. The number of phenolic OH excluding ortho intramolecular Hbond substituents is 1. The molecule has 1 N–H and O–H groups in total. The molecule has 1 aromatic heterocycles. The van der Waals surface area contributed by atoms with E-state index in [-0.39, 0.29) is 11.2 Å². The molecule has 1 heterocycles. The zero-order chi connectivity index (χ0) is 19.0. The summed E-state index contributed by atoms with van der Waals surface area (Å²) < 4.78 is 6.05.